The van der Waals surface area contributed by atoms with E-state index in [1.54, 1.807) is 0 Å². The maximum absolute atomic E-state index is 10.6. The molecule has 84 valence electrons. The zero-order chi connectivity index (χ0) is 11.5. The fraction of sp³-hybridized carbons (Fsp3) is 0.643. The highest BCUT2D eigenvalue weighted by molar-refractivity contribution is 5.56. The Morgan fingerprint density at radius 2 is 2.07 bits per heavy atom. The van der Waals surface area contributed by atoms with Gasteiger partial charge in [0, 0.05) is 5.92 Å². The lowest BCUT2D eigenvalue weighted by Gasteiger charge is -2.33. The summed E-state index contributed by atoms with van der Waals surface area (Å²) in [4.78, 5) is 10.6. The minimum atomic E-state index is 0.0306. The van der Waals surface area contributed by atoms with E-state index in [1.165, 1.54) is 30.4 Å². The van der Waals surface area contributed by atoms with Crippen molar-refractivity contribution in [1.82, 2.24) is 0 Å². The molecule has 0 aromatic rings. The molecule has 0 radical (unpaired) electrons. The molecule has 0 saturated carbocycles. The van der Waals surface area contributed by atoms with E-state index in [4.69, 9.17) is 0 Å². The summed E-state index contributed by atoms with van der Waals surface area (Å²) in [6.45, 7) is 8.73. The van der Waals surface area contributed by atoms with Crippen LogP contribution in [0, 0.1) is 11.3 Å². The first-order valence-corrected chi connectivity index (χ1v) is 5.81. The number of aldehydes is 1. The Hall–Kier alpha value is -0.850. The van der Waals surface area contributed by atoms with Crippen LogP contribution in [-0.4, -0.2) is 6.29 Å². The van der Waals surface area contributed by atoms with Crippen molar-refractivity contribution >= 4 is 6.29 Å². The lowest BCUT2D eigenvalue weighted by Crippen LogP contribution is -2.19. The van der Waals surface area contributed by atoms with Crippen LogP contribution >= 0.6 is 0 Å². The molecule has 0 amide bonds. The molecule has 1 heteroatoms. The third-order valence-electron chi connectivity index (χ3n) is 3.32. The van der Waals surface area contributed by atoms with E-state index in [1.807, 2.05) is 13.0 Å². The Bertz CT molecular complexity index is 294. The van der Waals surface area contributed by atoms with Gasteiger partial charge in [-0.1, -0.05) is 38.5 Å². The molecular formula is C14H22O. The van der Waals surface area contributed by atoms with E-state index in [2.05, 4.69) is 26.8 Å². The van der Waals surface area contributed by atoms with Crippen LogP contribution in [0.1, 0.15) is 47.0 Å². The summed E-state index contributed by atoms with van der Waals surface area (Å²) < 4.78 is 0. The van der Waals surface area contributed by atoms with Crippen molar-refractivity contribution in [3.8, 4) is 0 Å². The van der Waals surface area contributed by atoms with Crippen molar-refractivity contribution in [2.24, 2.45) is 11.3 Å². The maximum Gasteiger partial charge on any atom is 0.126 e. The van der Waals surface area contributed by atoms with Gasteiger partial charge in [0.2, 0.25) is 0 Å². The van der Waals surface area contributed by atoms with Gasteiger partial charge in [-0.3, -0.25) is 0 Å². The van der Waals surface area contributed by atoms with Gasteiger partial charge < -0.3 is 4.79 Å². The Morgan fingerprint density at radius 1 is 1.40 bits per heavy atom. The molecule has 0 aliphatic heterocycles. The second-order valence-corrected chi connectivity index (χ2v) is 5.29. The lowest BCUT2D eigenvalue weighted by atomic mass is 9.72. The van der Waals surface area contributed by atoms with Crippen LogP contribution in [-0.2, 0) is 4.79 Å². The molecule has 15 heavy (non-hydrogen) atoms. The largest absolute Gasteiger partial charge is 0.303 e. The molecule has 1 aliphatic carbocycles. The van der Waals surface area contributed by atoms with Gasteiger partial charge in [0.15, 0.2) is 0 Å². The van der Waals surface area contributed by atoms with Gasteiger partial charge in [0.05, 0.1) is 0 Å². The summed E-state index contributed by atoms with van der Waals surface area (Å²) in [7, 11) is 0. The van der Waals surface area contributed by atoms with Crippen LogP contribution in [0.3, 0.4) is 0 Å². The fourth-order valence-electron chi connectivity index (χ4n) is 2.30. The average Bonchev–Trinajstić information content (AvgIpc) is 2.15. The van der Waals surface area contributed by atoms with Gasteiger partial charge in [-0.25, -0.2) is 0 Å². The molecule has 0 heterocycles. The summed E-state index contributed by atoms with van der Waals surface area (Å²) in [6.07, 6.45) is 8.91. The fourth-order valence-corrected chi connectivity index (χ4v) is 2.30. The second-order valence-electron chi connectivity index (χ2n) is 5.29. The first kappa shape index (κ1) is 12.2. The molecule has 0 aromatic carbocycles. The zero-order valence-corrected chi connectivity index (χ0v) is 10.3. The van der Waals surface area contributed by atoms with E-state index < -0.39 is 0 Å². The highest BCUT2D eigenvalue weighted by Gasteiger charge is 2.26. The maximum atomic E-state index is 10.6. The minimum absolute atomic E-state index is 0.0306. The lowest BCUT2D eigenvalue weighted by molar-refractivity contribution is -0.109. The first-order valence-electron chi connectivity index (χ1n) is 5.81. The molecule has 1 nitrogen and oxygen atoms in total. The van der Waals surface area contributed by atoms with E-state index in [9.17, 15) is 4.79 Å². The third-order valence-corrected chi connectivity index (χ3v) is 3.32. The van der Waals surface area contributed by atoms with Crippen LogP contribution in [0.25, 0.3) is 0 Å². The van der Waals surface area contributed by atoms with Gasteiger partial charge >= 0.3 is 0 Å². The van der Waals surface area contributed by atoms with Crippen molar-refractivity contribution in [2.45, 2.75) is 47.0 Å². The minimum Gasteiger partial charge on any atom is -0.303 e. The Morgan fingerprint density at radius 3 is 2.60 bits per heavy atom. The molecule has 0 aromatic heterocycles. The number of hydrogen-bond donors (Lipinski definition) is 0. The second kappa shape index (κ2) is 4.78. The summed E-state index contributed by atoms with van der Waals surface area (Å²) in [6, 6.07) is 0. The topological polar surface area (TPSA) is 17.1 Å². The predicted molar refractivity (Wildman–Crippen MR) is 64.7 cm³/mol. The summed E-state index contributed by atoms with van der Waals surface area (Å²) in [5, 5.41) is 0. The van der Waals surface area contributed by atoms with Crippen LogP contribution < -0.4 is 0 Å². The molecule has 0 N–H and O–H groups in total. The predicted octanol–water partition coefficient (Wildman–Crippen LogP) is 3.90. The molecule has 1 rings (SSSR count). The molecule has 0 unspecified atom stereocenters. The molecule has 0 saturated heterocycles. The quantitative estimate of drug-likeness (QED) is 0.640. The van der Waals surface area contributed by atoms with Crippen LogP contribution in [0.5, 0.6) is 0 Å². The number of carbonyl (C=O) groups excluding carboxylic acids is 1. The Kier molecular flexibility index (Phi) is 3.90. The zero-order valence-electron chi connectivity index (χ0n) is 10.3. The van der Waals surface area contributed by atoms with Gasteiger partial charge in [-0.15, -0.1) is 0 Å². The number of allylic oxidation sites excluding steroid dienone is 4. The molecule has 0 bridgehead atoms. The molecular weight excluding hydrogens is 184 g/mol. The molecule has 0 fully saturated rings. The standard InChI is InChI=1S/C14H22O/c1-11(10-15)7-8-13-12(2)6-5-9-14(13,3)4/h7-8,10-11H,5-6,9H2,1-4H3/b8-7+/t11-/m1/s1. The van der Waals surface area contributed by atoms with E-state index in [0.717, 1.165) is 6.29 Å². The molecule has 1 aliphatic rings. The van der Waals surface area contributed by atoms with Crippen LogP contribution in [0.15, 0.2) is 23.3 Å². The highest BCUT2D eigenvalue weighted by Crippen LogP contribution is 2.40. The first-order chi connectivity index (χ1) is 6.97. The number of rotatable bonds is 3. The van der Waals surface area contributed by atoms with E-state index >= 15 is 0 Å². The monoisotopic (exact) mass is 206 g/mol. The molecule has 0 spiro atoms. The third kappa shape index (κ3) is 3.05. The van der Waals surface area contributed by atoms with Crippen molar-refractivity contribution in [3.05, 3.63) is 23.3 Å². The van der Waals surface area contributed by atoms with E-state index in [-0.39, 0.29) is 11.3 Å². The van der Waals surface area contributed by atoms with Crippen LogP contribution in [0.4, 0.5) is 0 Å². The van der Waals surface area contributed by atoms with Crippen molar-refractivity contribution in [2.75, 3.05) is 0 Å². The summed E-state index contributed by atoms with van der Waals surface area (Å²) in [5.74, 6) is 0.0306. The summed E-state index contributed by atoms with van der Waals surface area (Å²) in [5.41, 5.74) is 3.20. The van der Waals surface area contributed by atoms with Crippen molar-refractivity contribution < 1.29 is 4.79 Å². The average molecular weight is 206 g/mol. The smallest absolute Gasteiger partial charge is 0.126 e. The van der Waals surface area contributed by atoms with E-state index in [0.29, 0.717) is 0 Å². The summed E-state index contributed by atoms with van der Waals surface area (Å²) >= 11 is 0. The van der Waals surface area contributed by atoms with Crippen LogP contribution in [0.2, 0.25) is 0 Å². The van der Waals surface area contributed by atoms with Crippen molar-refractivity contribution in [1.29, 1.82) is 0 Å². The highest BCUT2D eigenvalue weighted by atomic mass is 16.1. The number of carbonyl (C=O) groups is 1. The SMILES string of the molecule is CC1=C(/C=C/[C@@H](C)C=O)C(C)(C)CCC1. The molecule has 1 atom stereocenters. The van der Waals surface area contributed by atoms with Crippen molar-refractivity contribution in [3.63, 3.8) is 0 Å². The van der Waals surface area contributed by atoms with Gasteiger partial charge in [-0.05, 0) is 37.2 Å². The van der Waals surface area contributed by atoms with Gasteiger partial charge in [-0.2, -0.15) is 0 Å². The van der Waals surface area contributed by atoms with Gasteiger partial charge in [0.1, 0.15) is 6.29 Å². The Balaban J connectivity index is 2.89. The number of hydrogen-bond acceptors (Lipinski definition) is 1. The van der Waals surface area contributed by atoms with Gasteiger partial charge in [0.25, 0.3) is 0 Å². The Labute approximate surface area is 93.3 Å². The normalized spacial score (nSPS) is 23.2.